The molecule has 2 amide bonds. The van der Waals surface area contributed by atoms with Crippen LogP contribution in [-0.4, -0.2) is 18.4 Å². The molecule has 0 atom stereocenters. The van der Waals surface area contributed by atoms with E-state index >= 15 is 0 Å². The summed E-state index contributed by atoms with van der Waals surface area (Å²) in [5.41, 5.74) is 2.44. The normalized spacial score (nSPS) is 10.5. The summed E-state index contributed by atoms with van der Waals surface area (Å²) in [5.74, 6) is -0.592. The van der Waals surface area contributed by atoms with Gasteiger partial charge in [0.2, 0.25) is 11.8 Å². The predicted octanol–water partition coefficient (Wildman–Crippen LogP) is 3.25. The molecule has 0 aliphatic heterocycles. The van der Waals surface area contributed by atoms with Crippen molar-refractivity contribution in [3.63, 3.8) is 0 Å². The first-order chi connectivity index (χ1) is 11.4. The average Bonchev–Trinajstić information content (AvgIpc) is 2.53. The van der Waals surface area contributed by atoms with Gasteiger partial charge in [0.15, 0.2) is 0 Å². The second kappa shape index (κ2) is 8.24. The van der Waals surface area contributed by atoms with E-state index in [9.17, 15) is 14.0 Å². The van der Waals surface area contributed by atoms with Crippen molar-refractivity contribution in [1.82, 2.24) is 5.32 Å². The van der Waals surface area contributed by atoms with Crippen molar-refractivity contribution in [2.45, 2.75) is 26.2 Å². The number of hydrogen-bond donors (Lipinski definition) is 2. The van der Waals surface area contributed by atoms with Crippen LogP contribution >= 0.6 is 0 Å². The van der Waals surface area contributed by atoms with E-state index in [0.29, 0.717) is 17.2 Å². The number of carbonyl (C=O) groups is 2. The Kier molecular flexibility index (Phi) is 6.07. The quantitative estimate of drug-likeness (QED) is 0.855. The molecule has 0 aromatic heterocycles. The molecule has 2 aromatic rings. The number of halogens is 1. The summed E-state index contributed by atoms with van der Waals surface area (Å²) in [4.78, 5) is 23.6. The average molecular weight is 328 g/mol. The lowest BCUT2D eigenvalue weighted by Gasteiger charge is -2.09. The molecule has 0 unspecified atom stereocenters. The van der Waals surface area contributed by atoms with Gasteiger partial charge in [-0.15, -0.1) is 0 Å². The van der Waals surface area contributed by atoms with Gasteiger partial charge in [-0.05, 0) is 41.3 Å². The van der Waals surface area contributed by atoms with Crippen molar-refractivity contribution >= 4 is 17.5 Å². The van der Waals surface area contributed by atoms with Crippen molar-refractivity contribution in [3.8, 4) is 0 Å². The van der Waals surface area contributed by atoms with Crippen molar-refractivity contribution in [2.75, 3.05) is 11.9 Å². The fourth-order valence-corrected chi connectivity index (χ4v) is 2.23. The number of rotatable bonds is 6. The van der Waals surface area contributed by atoms with E-state index < -0.39 is 0 Å². The van der Waals surface area contributed by atoms with Crippen LogP contribution in [0.3, 0.4) is 0 Å². The van der Waals surface area contributed by atoms with Gasteiger partial charge < -0.3 is 10.6 Å². The first-order valence-corrected chi connectivity index (χ1v) is 7.85. The monoisotopic (exact) mass is 328 g/mol. The summed E-state index contributed by atoms with van der Waals surface area (Å²) in [6.45, 7) is 4.07. The van der Waals surface area contributed by atoms with Gasteiger partial charge in [0.1, 0.15) is 5.82 Å². The van der Waals surface area contributed by atoms with E-state index in [-0.39, 0.29) is 30.6 Å². The lowest BCUT2D eigenvalue weighted by molar-refractivity contribution is -0.123. The summed E-state index contributed by atoms with van der Waals surface area (Å²) in [6.07, 6.45) is 0.0358. The third-order valence-corrected chi connectivity index (χ3v) is 3.56. The number of amides is 2. The molecule has 2 N–H and O–H groups in total. The zero-order valence-corrected chi connectivity index (χ0v) is 13.8. The van der Waals surface area contributed by atoms with Gasteiger partial charge in [-0.2, -0.15) is 0 Å². The number of nitrogens with one attached hydrogen (secondary N) is 2. The Balaban J connectivity index is 1.79. The summed E-state index contributed by atoms with van der Waals surface area (Å²) in [5, 5.41) is 5.25. The van der Waals surface area contributed by atoms with E-state index in [1.165, 1.54) is 17.7 Å². The van der Waals surface area contributed by atoms with Crippen LogP contribution in [0, 0.1) is 5.82 Å². The Morgan fingerprint density at radius 3 is 2.38 bits per heavy atom. The van der Waals surface area contributed by atoms with Gasteiger partial charge in [0.25, 0.3) is 0 Å². The van der Waals surface area contributed by atoms with Gasteiger partial charge in [-0.3, -0.25) is 9.59 Å². The van der Waals surface area contributed by atoms with Crippen molar-refractivity contribution in [1.29, 1.82) is 0 Å². The molecule has 0 radical (unpaired) electrons. The largest absolute Gasteiger partial charge is 0.347 e. The molecule has 0 bridgehead atoms. The van der Waals surface area contributed by atoms with Crippen molar-refractivity contribution in [3.05, 3.63) is 65.5 Å². The SMILES string of the molecule is CC(C)c1ccc(NC(=O)CNC(=O)Cc2cccc(F)c2)cc1. The molecular weight excluding hydrogens is 307 g/mol. The van der Waals surface area contributed by atoms with Gasteiger partial charge >= 0.3 is 0 Å². The Hall–Kier alpha value is -2.69. The Morgan fingerprint density at radius 2 is 1.75 bits per heavy atom. The second-order valence-corrected chi connectivity index (χ2v) is 5.91. The first-order valence-electron chi connectivity index (χ1n) is 7.85. The molecule has 0 aliphatic rings. The van der Waals surface area contributed by atoms with E-state index in [2.05, 4.69) is 24.5 Å². The van der Waals surface area contributed by atoms with Gasteiger partial charge in [0.05, 0.1) is 13.0 Å². The van der Waals surface area contributed by atoms with Gasteiger partial charge in [-0.1, -0.05) is 38.1 Å². The van der Waals surface area contributed by atoms with Gasteiger partial charge in [-0.25, -0.2) is 4.39 Å². The minimum atomic E-state index is -0.386. The highest BCUT2D eigenvalue weighted by Gasteiger charge is 2.08. The summed E-state index contributed by atoms with van der Waals surface area (Å²) >= 11 is 0. The van der Waals surface area contributed by atoms with Crippen LogP contribution < -0.4 is 10.6 Å². The number of hydrogen-bond acceptors (Lipinski definition) is 2. The van der Waals surface area contributed by atoms with Crippen LogP contribution in [-0.2, 0) is 16.0 Å². The van der Waals surface area contributed by atoms with Gasteiger partial charge in [0, 0.05) is 5.69 Å². The molecule has 0 spiro atoms. The highest BCUT2D eigenvalue weighted by atomic mass is 19.1. The third-order valence-electron chi connectivity index (χ3n) is 3.56. The standard InChI is InChI=1S/C19H21FN2O2/c1-13(2)15-6-8-17(9-7-15)22-19(24)12-21-18(23)11-14-4-3-5-16(20)10-14/h3-10,13H,11-12H2,1-2H3,(H,21,23)(H,22,24). The Bertz CT molecular complexity index is 712. The lowest BCUT2D eigenvalue weighted by Crippen LogP contribution is -2.33. The molecular formula is C19H21FN2O2. The third kappa shape index (κ3) is 5.50. The molecule has 0 fully saturated rings. The van der Waals surface area contributed by atoms with Crippen molar-refractivity contribution < 1.29 is 14.0 Å². The number of benzene rings is 2. The maximum absolute atomic E-state index is 13.1. The molecule has 2 rings (SSSR count). The molecule has 4 nitrogen and oxygen atoms in total. The molecule has 0 heterocycles. The zero-order chi connectivity index (χ0) is 17.5. The molecule has 0 saturated heterocycles. The number of anilines is 1. The lowest BCUT2D eigenvalue weighted by atomic mass is 10.0. The smallest absolute Gasteiger partial charge is 0.243 e. The fraction of sp³-hybridized carbons (Fsp3) is 0.263. The van der Waals surface area contributed by atoms with Crippen LogP contribution in [0.4, 0.5) is 10.1 Å². The number of carbonyl (C=O) groups excluding carboxylic acids is 2. The minimum Gasteiger partial charge on any atom is -0.347 e. The molecule has 5 heteroatoms. The van der Waals surface area contributed by atoms with Crippen LogP contribution in [0.5, 0.6) is 0 Å². The van der Waals surface area contributed by atoms with Crippen LogP contribution in [0.15, 0.2) is 48.5 Å². The maximum Gasteiger partial charge on any atom is 0.243 e. The molecule has 126 valence electrons. The van der Waals surface area contributed by atoms with E-state index in [1.54, 1.807) is 12.1 Å². The van der Waals surface area contributed by atoms with E-state index in [4.69, 9.17) is 0 Å². The summed E-state index contributed by atoms with van der Waals surface area (Å²) in [7, 11) is 0. The van der Waals surface area contributed by atoms with E-state index in [1.807, 2.05) is 24.3 Å². The van der Waals surface area contributed by atoms with Crippen LogP contribution in [0.1, 0.15) is 30.9 Å². The Morgan fingerprint density at radius 1 is 1.04 bits per heavy atom. The predicted molar refractivity (Wildman–Crippen MR) is 92.3 cm³/mol. The highest BCUT2D eigenvalue weighted by molar-refractivity contribution is 5.94. The van der Waals surface area contributed by atoms with Crippen LogP contribution in [0.2, 0.25) is 0 Å². The Labute approximate surface area is 141 Å². The van der Waals surface area contributed by atoms with E-state index in [0.717, 1.165) is 0 Å². The molecule has 2 aromatic carbocycles. The molecule has 0 aliphatic carbocycles. The maximum atomic E-state index is 13.1. The zero-order valence-electron chi connectivity index (χ0n) is 13.8. The summed E-state index contributed by atoms with van der Waals surface area (Å²) in [6, 6.07) is 13.4. The minimum absolute atomic E-state index is 0.0358. The highest BCUT2D eigenvalue weighted by Crippen LogP contribution is 2.16. The molecule has 0 saturated carbocycles. The first kappa shape index (κ1) is 17.7. The topological polar surface area (TPSA) is 58.2 Å². The van der Waals surface area contributed by atoms with Crippen LogP contribution in [0.25, 0.3) is 0 Å². The van der Waals surface area contributed by atoms with Crippen molar-refractivity contribution in [2.24, 2.45) is 0 Å². The summed E-state index contributed by atoms with van der Waals surface area (Å²) < 4.78 is 13.1. The second-order valence-electron chi connectivity index (χ2n) is 5.91. The fourth-order valence-electron chi connectivity index (χ4n) is 2.23. The molecule has 24 heavy (non-hydrogen) atoms.